The van der Waals surface area contributed by atoms with E-state index in [0.717, 1.165) is 178 Å². The van der Waals surface area contributed by atoms with Crippen molar-refractivity contribution in [2.45, 2.75) is 38.5 Å². The van der Waals surface area contributed by atoms with E-state index < -0.39 is 0 Å². The van der Waals surface area contributed by atoms with E-state index in [9.17, 15) is 0 Å². The van der Waals surface area contributed by atoms with E-state index in [2.05, 4.69) is 389 Å². The molecule has 0 saturated heterocycles. The summed E-state index contributed by atoms with van der Waals surface area (Å²) in [4.78, 5) is 4.82. The summed E-state index contributed by atoms with van der Waals surface area (Å²) in [6.45, 7) is 9.50. The third kappa shape index (κ3) is 10.4. The molecule has 2 aliphatic carbocycles. The van der Waals surface area contributed by atoms with Crippen LogP contribution >= 0.6 is 0 Å². The lowest BCUT2D eigenvalue weighted by molar-refractivity contribution is 0.631. The fraction of sp³-hybridized carbons (Fsp3) is 0.0536. The van der Waals surface area contributed by atoms with Crippen molar-refractivity contribution in [1.82, 2.24) is 0 Å². The molecule has 0 unspecified atom stereocenters. The van der Waals surface area contributed by atoms with E-state index in [1.54, 1.807) is 0 Å². The third-order valence-corrected chi connectivity index (χ3v) is 25.6. The molecule has 0 atom stereocenters. The van der Waals surface area contributed by atoms with Crippen molar-refractivity contribution in [3.05, 3.63) is 398 Å². The zero-order valence-corrected chi connectivity index (χ0v) is 65.3. The van der Waals surface area contributed by atoms with Crippen molar-refractivity contribution >= 4 is 132 Å². The van der Waals surface area contributed by atoms with Gasteiger partial charge < -0.3 is 27.5 Å². The number of anilines is 6. The Labute approximate surface area is 681 Å². The topological polar surface area (TPSA) is 59.0 Å². The average molecular weight is 1510 g/mol. The Morgan fingerprint density at radius 1 is 0.203 bits per heavy atom. The summed E-state index contributed by atoms with van der Waals surface area (Å²) in [5.74, 6) is 3.29. The summed E-state index contributed by atoms with van der Waals surface area (Å²) in [5.41, 5.74) is 27.9. The first-order valence-corrected chi connectivity index (χ1v) is 40.7. The zero-order valence-electron chi connectivity index (χ0n) is 65.3. The molecule has 0 radical (unpaired) electrons. The molecule has 2 aliphatic rings. The second kappa shape index (κ2) is 25.8. The minimum Gasteiger partial charge on any atom is -0.456 e. The van der Waals surface area contributed by atoms with Gasteiger partial charge in [0.25, 0.3) is 0 Å². The van der Waals surface area contributed by atoms with E-state index in [0.29, 0.717) is 0 Å². The fourth-order valence-electron chi connectivity index (χ4n) is 19.7. The van der Waals surface area contributed by atoms with Gasteiger partial charge in [0.2, 0.25) is 0 Å². The van der Waals surface area contributed by atoms with Crippen LogP contribution in [0.1, 0.15) is 49.9 Å². The Morgan fingerprint density at radius 3 is 0.975 bits per heavy atom. The van der Waals surface area contributed by atoms with Crippen molar-refractivity contribution < 1.29 is 17.7 Å². The van der Waals surface area contributed by atoms with Crippen LogP contribution in [-0.4, -0.2) is 0 Å². The number of para-hydroxylation sites is 2. The number of benzene rings is 18. The molecule has 556 valence electrons. The van der Waals surface area contributed by atoms with Gasteiger partial charge in [-0.3, -0.25) is 0 Å². The van der Waals surface area contributed by atoms with Gasteiger partial charge in [-0.1, -0.05) is 246 Å². The standard InChI is InChI=1S/C112H74N2O4/c1-111(2)95-57-41-67-19-11-15-27-87(67)105(95)91-51-49-85(65-97(91)111)113(83-47-39-73-59-79(33-31-75(73)61-83)101-63-77-25-13-17-29-99(77)115-101)81-43-35-71(36-44-81)107-103(69-21-7-5-8-22-69)93-55-53-90-89(109(93)117-107)54-56-94-104(70-23-9-6-10-24-70)108(118-110(90)94)72-37-45-82(46-38-72)114(84-48-40-74-60-80(34-32-76(74)62-84)102-64-78-26-14-18-30-100(78)116-102)86-50-52-92-98(66-86)112(3,4)96-58-42-68-20-12-16-28-88(68)106(92)96/h5-66H,1-4H3. The van der Waals surface area contributed by atoms with Crippen molar-refractivity contribution in [1.29, 1.82) is 0 Å². The van der Waals surface area contributed by atoms with Crippen molar-refractivity contribution in [3.63, 3.8) is 0 Å². The molecule has 22 aromatic rings. The molecule has 4 aromatic heterocycles. The lowest BCUT2D eigenvalue weighted by Gasteiger charge is -2.28. The molecule has 0 amide bonds. The smallest absolute Gasteiger partial charge is 0.143 e. The minimum absolute atomic E-state index is 0.248. The van der Waals surface area contributed by atoms with E-state index in [4.69, 9.17) is 17.7 Å². The van der Waals surface area contributed by atoms with Gasteiger partial charge >= 0.3 is 0 Å². The highest BCUT2D eigenvalue weighted by Gasteiger charge is 2.39. The largest absolute Gasteiger partial charge is 0.456 e. The van der Waals surface area contributed by atoms with Gasteiger partial charge in [0.1, 0.15) is 45.4 Å². The van der Waals surface area contributed by atoms with Crippen molar-refractivity contribution in [2.75, 3.05) is 9.80 Å². The number of furan rings is 4. The highest BCUT2D eigenvalue weighted by Crippen LogP contribution is 2.57. The molecule has 4 heterocycles. The second-order valence-electron chi connectivity index (χ2n) is 33.0. The maximum absolute atomic E-state index is 7.48. The molecule has 0 saturated carbocycles. The van der Waals surface area contributed by atoms with Gasteiger partial charge in [0, 0.05) is 111 Å². The molecular weight excluding hydrogens is 1440 g/mol. The van der Waals surface area contributed by atoms with Crippen LogP contribution in [-0.2, 0) is 10.8 Å². The number of fused-ring (bicyclic) bond motifs is 19. The quantitative estimate of drug-likeness (QED) is 0.121. The highest BCUT2D eigenvalue weighted by atomic mass is 16.3. The van der Waals surface area contributed by atoms with E-state index >= 15 is 0 Å². The maximum Gasteiger partial charge on any atom is 0.143 e. The van der Waals surface area contributed by atoms with E-state index in [1.165, 1.54) is 66.1 Å². The molecular formula is C112H74N2O4. The molecule has 0 spiro atoms. The predicted octanol–water partition coefficient (Wildman–Crippen LogP) is 32.0. The van der Waals surface area contributed by atoms with Gasteiger partial charge in [-0.25, -0.2) is 0 Å². The molecule has 6 nitrogen and oxygen atoms in total. The highest BCUT2D eigenvalue weighted by molar-refractivity contribution is 6.21. The Balaban J connectivity index is 0.620. The van der Waals surface area contributed by atoms with Crippen LogP contribution < -0.4 is 9.80 Å². The molecule has 18 aromatic carbocycles. The summed E-state index contributed by atoms with van der Waals surface area (Å²) >= 11 is 0. The van der Waals surface area contributed by atoms with Crippen LogP contribution in [0, 0.1) is 0 Å². The molecule has 0 fully saturated rings. The lowest BCUT2D eigenvalue weighted by Crippen LogP contribution is -2.16. The lowest BCUT2D eigenvalue weighted by atomic mass is 9.82. The summed E-state index contributed by atoms with van der Waals surface area (Å²) in [7, 11) is 0. The summed E-state index contributed by atoms with van der Waals surface area (Å²) in [5, 5.41) is 15.7. The molecule has 118 heavy (non-hydrogen) atoms. The van der Waals surface area contributed by atoms with Gasteiger partial charge in [0.15, 0.2) is 0 Å². The molecule has 0 bridgehead atoms. The normalized spacial score (nSPS) is 13.2. The Morgan fingerprint density at radius 2 is 0.542 bits per heavy atom. The first-order chi connectivity index (χ1) is 57.9. The van der Waals surface area contributed by atoms with Gasteiger partial charge in [-0.05, 0) is 256 Å². The Kier molecular flexibility index (Phi) is 14.7. The van der Waals surface area contributed by atoms with Crippen molar-refractivity contribution in [3.8, 4) is 89.8 Å². The second-order valence-corrected chi connectivity index (χ2v) is 33.0. The zero-order chi connectivity index (χ0) is 78.2. The van der Waals surface area contributed by atoms with Crippen LogP contribution in [0.2, 0.25) is 0 Å². The molecule has 6 heteroatoms. The average Bonchev–Trinajstić information content (AvgIpc) is 1.57. The summed E-state index contributed by atoms with van der Waals surface area (Å²) in [6.07, 6.45) is 0. The SMILES string of the molecule is CC1(C)c2cc(N(c3ccc(-c4oc5c(ccc6c5ccc5c(-c7ccccc7)c(-c7ccc(N(c8ccc9c(c8)C(C)(C)c8ccc%10ccccc%10c8-9)c8ccc9cc(-c%10cc%11ccccc%11o%10)ccc9c8)cc7)oc56)c4-c4ccccc4)cc3)c3ccc4cc(-c5cc6ccccc6o5)ccc4c3)ccc2-c2c1ccc1ccccc21. The number of rotatable bonds is 12. The third-order valence-electron chi connectivity index (χ3n) is 25.6. The molecule has 0 N–H and O–H groups in total. The van der Waals surface area contributed by atoms with Crippen LogP contribution in [0.25, 0.3) is 188 Å². The van der Waals surface area contributed by atoms with Gasteiger partial charge in [-0.15, -0.1) is 0 Å². The summed E-state index contributed by atoms with van der Waals surface area (Å²) < 4.78 is 27.7. The number of hydrogen-bond donors (Lipinski definition) is 0. The monoisotopic (exact) mass is 1510 g/mol. The van der Waals surface area contributed by atoms with Crippen LogP contribution in [0.5, 0.6) is 0 Å². The Bertz CT molecular complexity index is 7390. The molecule has 0 aliphatic heterocycles. The minimum atomic E-state index is -0.248. The molecule has 24 rings (SSSR count). The first kappa shape index (κ1) is 67.5. The maximum atomic E-state index is 7.48. The van der Waals surface area contributed by atoms with E-state index in [-0.39, 0.29) is 10.8 Å². The van der Waals surface area contributed by atoms with Gasteiger partial charge in [0.05, 0.1) is 0 Å². The number of hydrogen-bond acceptors (Lipinski definition) is 6. The predicted molar refractivity (Wildman–Crippen MR) is 490 cm³/mol. The fourth-order valence-corrected chi connectivity index (χ4v) is 19.7. The van der Waals surface area contributed by atoms with Crippen LogP contribution in [0.3, 0.4) is 0 Å². The van der Waals surface area contributed by atoms with Crippen LogP contribution in [0.4, 0.5) is 34.1 Å². The Hall–Kier alpha value is -15.0. The first-order valence-electron chi connectivity index (χ1n) is 40.7. The number of nitrogens with zero attached hydrogens (tertiary/aromatic N) is 2. The van der Waals surface area contributed by atoms with Crippen LogP contribution in [0.15, 0.2) is 394 Å². The van der Waals surface area contributed by atoms with Gasteiger partial charge in [-0.2, -0.15) is 0 Å². The van der Waals surface area contributed by atoms with Crippen molar-refractivity contribution in [2.24, 2.45) is 0 Å². The summed E-state index contributed by atoms with van der Waals surface area (Å²) in [6, 6.07) is 137. The van der Waals surface area contributed by atoms with E-state index in [1.807, 2.05) is 24.3 Å².